The summed E-state index contributed by atoms with van der Waals surface area (Å²) in [6.07, 6.45) is 2.13. The van der Waals surface area contributed by atoms with Gasteiger partial charge in [0.1, 0.15) is 15.4 Å². The maximum atomic E-state index is 11.9. The van der Waals surface area contributed by atoms with Gasteiger partial charge in [0.25, 0.3) is 0 Å². The zero-order chi connectivity index (χ0) is 20.6. The van der Waals surface area contributed by atoms with E-state index in [0.29, 0.717) is 16.7 Å². The van der Waals surface area contributed by atoms with Crippen molar-refractivity contribution in [2.45, 2.75) is 44.9 Å². The number of hydrogen-bond acceptors (Lipinski definition) is 4. The minimum atomic E-state index is -3.23. The molecular formula is C21H25BrN2O2S2. The van der Waals surface area contributed by atoms with Gasteiger partial charge in [-0.1, -0.05) is 39.8 Å². The van der Waals surface area contributed by atoms with Crippen LogP contribution in [-0.4, -0.2) is 24.2 Å². The first kappa shape index (κ1) is 21.3. The average Bonchev–Trinajstić information content (AvgIpc) is 3.18. The second-order valence-electron chi connectivity index (χ2n) is 7.73. The molecule has 0 aliphatic rings. The number of aromatic nitrogens is 2. The number of rotatable bonds is 6. The number of thiophene rings is 1. The maximum absolute atomic E-state index is 11.9. The molecule has 2 heterocycles. The zero-order valence-corrected chi connectivity index (χ0v) is 20.0. The van der Waals surface area contributed by atoms with Gasteiger partial charge in [0, 0.05) is 17.6 Å². The second-order valence-corrected chi connectivity index (χ2v) is 11.6. The van der Waals surface area contributed by atoms with Crippen molar-refractivity contribution in [3.63, 3.8) is 0 Å². The predicted molar refractivity (Wildman–Crippen MR) is 120 cm³/mol. The Balaban J connectivity index is 2.08. The summed E-state index contributed by atoms with van der Waals surface area (Å²) in [5, 5.41) is 1.07. The van der Waals surface area contributed by atoms with Crippen molar-refractivity contribution in [3.05, 3.63) is 52.5 Å². The van der Waals surface area contributed by atoms with E-state index in [4.69, 9.17) is 4.98 Å². The third kappa shape index (κ3) is 4.42. The predicted octanol–water partition coefficient (Wildman–Crippen LogP) is 6.09. The second kappa shape index (κ2) is 8.13. The van der Waals surface area contributed by atoms with Crippen LogP contribution < -0.4 is 0 Å². The number of imidazole rings is 1. The Morgan fingerprint density at radius 1 is 1.14 bits per heavy atom. The Hall–Kier alpha value is -1.44. The molecule has 2 aromatic heterocycles. The molecule has 150 valence electrons. The van der Waals surface area contributed by atoms with Crippen molar-refractivity contribution in [2.75, 3.05) is 6.26 Å². The number of sulfone groups is 1. The summed E-state index contributed by atoms with van der Waals surface area (Å²) in [6.45, 7) is 8.68. The molecule has 28 heavy (non-hydrogen) atoms. The van der Waals surface area contributed by atoms with Gasteiger partial charge in [-0.2, -0.15) is 0 Å². The quantitative estimate of drug-likeness (QED) is 0.428. The van der Waals surface area contributed by atoms with Crippen LogP contribution in [0.1, 0.15) is 45.1 Å². The highest BCUT2D eigenvalue weighted by atomic mass is 79.9. The van der Waals surface area contributed by atoms with Crippen molar-refractivity contribution in [1.29, 1.82) is 0 Å². The first-order valence-electron chi connectivity index (χ1n) is 9.25. The van der Waals surface area contributed by atoms with Crippen molar-refractivity contribution >= 4 is 37.1 Å². The molecule has 0 spiro atoms. The van der Waals surface area contributed by atoms with Crippen LogP contribution in [0.25, 0.3) is 15.4 Å². The highest BCUT2D eigenvalue weighted by molar-refractivity contribution is 9.10. The molecule has 7 heteroatoms. The summed E-state index contributed by atoms with van der Waals surface area (Å²) in [5.74, 6) is 1.87. The first-order valence-corrected chi connectivity index (χ1v) is 12.8. The lowest BCUT2D eigenvalue weighted by Gasteiger charge is -2.09. The third-order valence-electron chi connectivity index (χ3n) is 4.41. The van der Waals surface area contributed by atoms with E-state index in [1.807, 2.05) is 12.1 Å². The third-order valence-corrected chi connectivity index (χ3v) is 7.40. The largest absolute Gasteiger partial charge is 0.281 e. The summed E-state index contributed by atoms with van der Waals surface area (Å²) < 4.78 is 27.0. The molecule has 0 bridgehead atoms. The Bertz CT molecular complexity index is 1100. The summed E-state index contributed by atoms with van der Waals surface area (Å²) >= 11 is 5.40. The molecule has 0 saturated heterocycles. The van der Waals surface area contributed by atoms with Gasteiger partial charge in [-0.25, -0.2) is 13.4 Å². The van der Waals surface area contributed by atoms with E-state index in [1.54, 1.807) is 29.5 Å². The Morgan fingerprint density at radius 3 is 2.46 bits per heavy atom. The minimum Gasteiger partial charge on any atom is -0.281 e. The van der Waals surface area contributed by atoms with E-state index in [2.05, 4.69) is 54.3 Å². The standard InChI is InChI=1S/C21H25BrN2O2S2/c1-13(2)11-18-23-20(14(3)4)21(22)24(18)19-10-9-17(27-19)15-7-6-8-16(12-15)28(5,25)26/h6-10,12-14H,11H2,1-5H3. The summed E-state index contributed by atoms with van der Waals surface area (Å²) in [4.78, 5) is 6.27. The molecule has 3 rings (SSSR count). The van der Waals surface area contributed by atoms with Gasteiger partial charge in [-0.05, 0) is 57.6 Å². The lowest BCUT2D eigenvalue weighted by atomic mass is 10.1. The summed E-state index contributed by atoms with van der Waals surface area (Å²) in [7, 11) is -3.23. The molecule has 0 amide bonds. The minimum absolute atomic E-state index is 0.326. The number of benzene rings is 1. The topological polar surface area (TPSA) is 52.0 Å². The number of halogens is 1. The molecule has 4 nitrogen and oxygen atoms in total. The lowest BCUT2D eigenvalue weighted by Crippen LogP contribution is -2.04. The van der Waals surface area contributed by atoms with E-state index < -0.39 is 9.84 Å². The van der Waals surface area contributed by atoms with Crippen molar-refractivity contribution < 1.29 is 8.42 Å². The van der Waals surface area contributed by atoms with Crippen LogP contribution >= 0.6 is 27.3 Å². The van der Waals surface area contributed by atoms with Crippen LogP contribution in [-0.2, 0) is 16.3 Å². The van der Waals surface area contributed by atoms with Gasteiger partial charge in [0.05, 0.1) is 10.6 Å². The summed E-state index contributed by atoms with van der Waals surface area (Å²) in [6, 6.07) is 11.2. The molecule has 0 saturated carbocycles. The van der Waals surface area contributed by atoms with Crippen LogP contribution in [0.15, 0.2) is 45.9 Å². The molecule has 1 aromatic carbocycles. The van der Waals surface area contributed by atoms with E-state index >= 15 is 0 Å². The summed E-state index contributed by atoms with van der Waals surface area (Å²) in [5.41, 5.74) is 1.97. The molecule has 0 aliphatic heterocycles. The number of nitrogens with zero attached hydrogens (tertiary/aromatic N) is 2. The Morgan fingerprint density at radius 2 is 1.86 bits per heavy atom. The molecule has 0 atom stereocenters. The van der Waals surface area contributed by atoms with Crippen molar-refractivity contribution in [1.82, 2.24) is 9.55 Å². The van der Waals surface area contributed by atoms with E-state index in [0.717, 1.165) is 38.0 Å². The molecule has 0 fully saturated rings. The van der Waals surface area contributed by atoms with Crippen LogP contribution in [0.4, 0.5) is 0 Å². The monoisotopic (exact) mass is 480 g/mol. The highest BCUT2D eigenvalue weighted by Gasteiger charge is 2.20. The SMILES string of the molecule is CC(C)Cc1nc(C(C)C)c(Br)n1-c1ccc(-c2cccc(S(C)(=O)=O)c2)s1. The van der Waals surface area contributed by atoms with Gasteiger partial charge in [-0.15, -0.1) is 11.3 Å². The molecule has 0 N–H and O–H groups in total. The molecule has 0 unspecified atom stereocenters. The van der Waals surface area contributed by atoms with Crippen LogP contribution in [0, 0.1) is 5.92 Å². The smallest absolute Gasteiger partial charge is 0.175 e. The van der Waals surface area contributed by atoms with Crippen LogP contribution in [0.2, 0.25) is 0 Å². The van der Waals surface area contributed by atoms with E-state index in [-0.39, 0.29) is 0 Å². The Kier molecular flexibility index (Phi) is 6.17. The first-order chi connectivity index (χ1) is 13.1. The maximum Gasteiger partial charge on any atom is 0.175 e. The van der Waals surface area contributed by atoms with Gasteiger partial charge >= 0.3 is 0 Å². The number of hydrogen-bond donors (Lipinski definition) is 0. The van der Waals surface area contributed by atoms with Gasteiger partial charge in [-0.3, -0.25) is 4.57 Å². The van der Waals surface area contributed by atoms with Gasteiger partial charge in [0.2, 0.25) is 0 Å². The highest BCUT2D eigenvalue weighted by Crippen LogP contribution is 2.36. The Labute approximate surface area is 179 Å². The fraction of sp³-hybridized carbons (Fsp3) is 0.381. The van der Waals surface area contributed by atoms with Crippen LogP contribution in [0.3, 0.4) is 0 Å². The normalized spacial score (nSPS) is 12.3. The fourth-order valence-corrected chi connectivity index (χ4v) is 5.80. The van der Waals surface area contributed by atoms with E-state index in [1.165, 1.54) is 6.26 Å². The van der Waals surface area contributed by atoms with Crippen molar-refractivity contribution in [3.8, 4) is 15.4 Å². The molecule has 0 aliphatic carbocycles. The molecule has 3 aromatic rings. The van der Waals surface area contributed by atoms with E-state index in [9.17, 15) is 8.42 Å². The fourth-order valence-electron chi connectivity index (χ4n) is 3.04. The van der Waals surface area contributed by atoms with Gasteiger partial charge < -0.3 is 0 Å². The average molecular weight is 481 g/mol. The lowest BCUT2D eigenvalue weighted by molar-refractivity contribution is 0.602. The van der Waals surface area contributed by atoms with Crippen molar-refractivity contribution in [2.24, 2.45) is 5.92 Å². The van der Waals surface area contributed by atoms with Gasteiger partial charge in [0.15, 0.2) is 9.84 Å². The molecule has 0 radical (unpaired) electrons. The zero-order valence-electron chi connectivity index (χ0n) is 16.7. The van der Waals surface area contributed by atoms with Crippen LogP contribution in [0.5, 0.6) is 0 Å². The molecular weight excluding hydrogens is 456 g/mol.